The molecule has 136 valence electrons. The minimum Gasteiger partial charge on any atom is -0.455 e. The van der Waals surface area contributed by atoms with Gasteiger partial charge in [0.2, 0.25) is 0 Å². The van der Waals surface area contributed by atoms with E-state index >= 15 is 0 Å². The van der Waals surface area contributed by atoms with Crippen LogP contribution < -0.4 is 5.32 Å². The second-order valence-corrected chi connectivity index (χ2v) is 7.55. The molecule has 0 unspecified atom stereocenters. The van der Waals surface area contributed by atoms with Crippen LogP contribution >= 0.6 is 24.0 Å². The number of aryl methyl sites for hydroxylation is 1. The molecule has 0 bridgehead atoms. The Kier molecular flexibility index (Phi) is 8.21. The number of hydrogen-bond acceptors (Lipinski definition) is 5. The molecule has 1 aliphatic rings. The Morgan fingerprint density at radius 1 is 1.28 bits per heavy atom. The van der Waals surface area contributed by atoms with Gasteiger partial charge >= 0.3 is 5.97 Å². The van der Waals surface area contributed by atoms with E-state index < -0.39 is 5.97 Å². The molecule has 1 aromatic carbocycles. The Bertz CT molecular complexity index is 616. The van der Waals surface area contributed by atoms with Crippen molar-refractivity contribution in [2.45, 2.75) is 26.2 Å². The summed E-state index contributed by atoms with van der Waals surface area (Å²) in [5.41, 5.74) is 2.40. The predicted molar refractivity (Wildman–Crippen MR) is 105 cm³/mol. The third-order valence-electron chi connectivity index (χ3n) is 4.02. The SMILES string of the molecule is Cc1ccccc1CCNC(=O)COC(=O)CSC(=S)N1CCCC1. The smallest absolute Gasteiger partial charge is 0.316 e. The first-order valence-corrected chi connectivity index (χ1v) is 9.84. The molecule has 0 spiro atoms. The lowest BCUT2D eigenvalue weighted by atomic mass is 10.1. The van der Waals surface area contributed by atoms with Gasteiger partial charge < -0.3 is 15.0 Å². The fourth-order valence-electron chi connectivity index (χ4n) is 2.58. The van der Waals surface area contributed by atoms with Crippen LogP contribution in [0, 0.1) is 6.92 Å². The van der Waals surface area contributed by atoms with E-state index in [2.05, 4.69) is 10.2 Å². The molecule has 2 rings (SSSR count). The molecule has 5 nitrogen and oxygen atoms in total. The summed E-state index contributed by atoms with van der Waals surface area (Å²) >= 11 is 6.59. The highest BCUT2D eigenvalue weighted by Crippen LogP contribution is 2.16. The molecule has 0 atom stereocenters. The number of thioether (sulfide) groups is 1. The normalized spacial score (nSPS) is 13.6. The van der Waals surface area contributed by atoms with Crippen LogP contribution in [-0.4, -0.2) is 53.1 Å². The topological polar surface area (TPSA) is 58.6 Å². The van der Waals surface area contributed by atoms with E-state index in [9.17, 15) is 9.59 Å². The molecule has 0 aromatic heterocycles. The van der Waals surface area contributed by atoms with Crippen molar-refractivity contribution in [3.05, 3.63) is 35.4 Å². The maximum absolute atomic E-state index is 11.7. The lowest BCUT2D eigenvalue weighted by molar-refractivity contribution is -0.145. The monoisotopic (exact) mass is 380 g/mol. The van der Waals surface area contributed by atoms with Crippen molar-refractivity contribution in [1.29, 1.82) is 0 Å². The molecular weight excluding hydrogens is 356 g/mol. The van der Waals surface area contributed by atoms with E-state index in [1.165, 1.54) is 22.9 Å². The number of hydrogen-bond donors (Lipinski definition) is 1. The highest BCUT2D eigenvalue weighted by atomic mass is 32.2. The molecule has 1 saturated heterocycles. The van der Waals surface area contributed by atoms with E-state index in [0.717, 1.165) is 36.7 Å². The molecule has 1 amide bonds. The molecule has 0 saturated carbocycles. The van der Waals surface area contributed by atoms with Crippen LogP contribution in [0.25, 0.3) is 0 Å². The Morgan fingerprint density at radius 3 is 2.72 bits per heavy atom. The van der Waals surface area contributed by atoms with Crippen molar-refractivity contribution in [2.75, 3.05) is 32.0 Å². The van der Waals surface area contributed by atoms with Crippen molar-refractivity contribution in [2.24, 2.45) is 0 Å². The van der Waals surface area contributed by atoms with Crippen molar-refractivity contribution < 1.29 is 14.3 Å². The zero-order valence-electron chi connectivity index (χ0n) is 14.5. The van der Waals surface area contributed by atoms with Crippen molar-refractivity contribution in [3.8, 4) is 0 Å². The summed E-state index contributed by atoms with van der Waals surface area (Å²) in [7, 11) is 0. The predicted octanol–water partition coefficient (Wildman–Crippen LogP) is 2.31. The van der Waals surface area contributed by atoms with Crippen LogP contribution in [0.3, 0.4) is 0 Å². The van der Waals surface area contributed by atoms with Crippen LogP contribution in [0.4, 0.5) is 0 Å². The average Bonchev–Trinajstić information content (AvgIpc) is 3.14. The van der Waals surface area contributed by atoms with Gasteiger partial charge in [-0.05, 0) is 37.3 Å². The Labute approximate surface area is 158 Å². The first-order valence-electron chi connectivity index (χ1n) is 8.45. The maximum atomic E-state index is 11.7. The average molecular weight is 381 g/mol. The summed E-state index contributed by atoms with van der Waals surface area (Å²) in [5, 5.41) is 2.77. The largest absolute Gasteiger partial charge is 0.455 e. The van der Waals surface area contributed by atoms with E-state index in [4.69, 9.17) is 17.0 Å². The molecule has 1 heterocycles. The molecule has 1 aromatic rings. The van der Waals surface area contributed by atoms with Crippen LogP contribution in [0.1, 0.15) is 24.0 Å². The van der Waals surface area contributed by atoms with Crippen LogP contribution in [0.5, 0.6) is 0 Å². The third kappa shape index (κ3) is 7.04. The van der Waals surface area contributed by atoms with Gasteiger partial charge in [-0.1, -0.05) is 48.2 Å². The molecule has 7 heteroatoms. The fourth-order valence-corrected chi connectivity index (χ4v) is 3.63. The standard InChI is InChI=1S/C18H24N2O3S2/c1-14-6-2-3-7-15(14)8-9-19-16(21)12-23-17(22)13-25-18(24)20-10-4-5-11-20/h2-3,6-7H,4-5,8-13H2,1H3,(H,19,21). The molecular formula is C18H24N2O3S2. The first kappa shape index (κ1) is 19.7. The van der Waals surface area contributed by atoms with Gasteiger partial charge in [0, 0.05) is 19.6 Å². The van der Waals surface area contributed by atoms with E-state index in [1.54, 1.807) is 0 Å². The van der Waals surface area contributed by atoms with E-state index in [0.29, 0.717) is 6.54 Å². The highest BCUT2D eigenvalue weighted by Gasteiger charge is 2.17. The van der Waals surface area contributed by atoms with Crippen molar-refractivity contribution >= 4 is 40.2 Å². The van der Waals surface area contributed by atoms with E-state index in [-0.39, 0.29) is 18.3 Å². The maximum Gasteiger partial charge on any atom is 0.316 e. The van der Waals surface area contributed by atoms with Gasteiger partial charge in [0.05, 0.1) is 5.75 Å². The molecule has 0 radical (unpaired) electrons. The summed E-state index contributed by atoms with van der Waals surface area (Å²) in [6.07, 6.45) is 3.05. The summed E-state index contributed by atoms with van der Waals surface area (Å²) in [5.74, 6) is -0.555. The van der Waals surface area contributed by atoms with Gasteiger partial charge in [-0.25, -0.2) is 0 Å². The summed E-state index contributed by atoms with van der Waals surface area (Å²) in [4.78, 5) is 25.5. The number of esters is 1. The van der Waals surface area contributed by atoms with Gasteiger partial charge in [0.1, 0.15) is 4.32 Å². The Balaban J connectivity index is 1.57. The van der Waals surface area contributed by atoms with Gasteiger partial charge in [-0.15, -0.1) is 0 Å². The van der Waals surface area contributed by atoms with Crippen molar-refractivity contribution in [1.82, 2.24) is 10.2 Å². The molecule has 0 aliphatic carbocycles. The third-order valence-corrected chi connectivity index (χ3v) is 5.52. The molecule has 1 fully saturated rings. The number of ether oxygens (including phenoxy) is 1. The molecule has 1 N–H and O–H groups in total. The minimum atomic E-state index is -0.416. The summed E-state index contributed by atoms with van der Waals surface area (Å²) in [6.45, 7) is 4.25. The first-order chi connectivity index (χ1) is 12.1. The van der Waals surface area contributed by atoms with E-state index in [1.807, 2.05) is 31.2 Å². The quantitative estimate of drug-likeness (QED) is 0.579. The number of nitrogens with zero attached hydrogens (tertiary/aromatic N) is 1. The number of carbonyl (C=O) groups excluding carboxylic acids is 2. The van der Waals surface area contributed by atoms with Crippen molar-refractivity contribution in [3.63, 3.8) is 0 Å². The molecule has 25 heavy (non-hydrogen) atoms. The number of likely N-dealkylation sites (tertiary alicyclic amines) is 1. The Morgan fingerprint density at radius 2 is 2.00 bits per heavy atom. The zero-order chi connectivity index (χ0) is 18.1. The van der Waals surface area contributed by atoms with Gasteiger partial charge in [0.25, 0.3) is 5.91 Å². The van der Waals surface area contributed by atoms with Gasteiger partial charge in [-0.3, -0.25) is 9.59 Å². The van der Waals surface area contributed by atoms with Gasteiger partial charge in [0.15, 0.2) is 6.61 Å². The Hall–Kier alpha value is -1.60. The second-order valence-electron chi connectivity index (χ2n) is 5.94. The lowest BCUT2D eigenvalue weighted by Gasteiger charge is -2.17. The number of nitrogens with one attached hydrogen (secondary N) is 1. The number of amides is 1. The molecule has 1 aliphatic heterocycles. The fraction of sp³-hybridized carbons (Fsp3) is 0.500. The number of rotatable bonds is 7. The summed E-state index contributed by atoms with van der Waals surface area (Å²) in [6, 6.07) is 8.06. The van der Waals surface area contributed by atoms with Crippen LogP contribution in [0.15, 0.2) is 24.3 Å². The van der Waals surface area contributed by atoms with Crippen LogP contribution in [0.2, 0.25) is 0 Å². The lowest BCUT2D eigenvalue weighted by Crippen LogP contribution is -2.31. The second kappa shape index (κ2) is 10.4. The minimum absolute atomic E-state index is 0.145. The van der Waals surface area contributed by atoms with Crippen LogP contribution in [-0.2, 0) is 20.7 Å². The van der Waals surface area contributed by atoms with Gasteiger partial charge in [-0.2, -0.15) is 0 Å². The highest BCUT2D eigenvalue weighted by molar-refractivity contribution is 8.23. The summed E-state index contributed by atoms with van der Waals surface area (Å²) < 4.78 is 5.73. The number of carbonyl (C=O) groups is 2. The number of benzene rings is 1. The number of thiocarbonyl (C=S) groups is 1. The zero-order valence-corrected chi connectivity index (χ0v) is 16.1.